The summed E-state index contributed by atoms with van der Waals surface area (Å²) < 4.78 is 78.9. The van der Waals surface area contributed by atoms with Gasteiger partial charge in [-0.25, -0.2) is 19.6 Å². The first kappa shape index (κ1) is 22.4. The van der Waals surface area contributed by atoms with Gasteiger partial charge < -0.3 is 5.73 Å². The maximum absolute atomic E-state index is 13.0. The Kier molecular flexibility index (Phi) is 5.67. The summed E-state index contributed by atoms with van der Waals surface area (Å²) in [5.41, 5.74) is 1.19. The molecule has 0 bridgehead atoms. The summed E-state index contributed by atoms with van der Waals surface area (Å²) in [6.07, 6.45) is -7.04. The molecule has 3 aromatic heterocycles. The first-order valence-electron chi connectivity index (χ1n) is 8.34. The fourth-order valence-electron chi connectivity index (χ4n) is 2.49. The van der Waals surface area contributed by atoms with Gasteiger partial charge in [0.1, 0.15) is 29.5 Å². The zero-order valence-electron chi connectivity index (χ0n) is 15.5. The highest BCUT2D eigenvalue weighted by molar-refractivity contribution is 6.22. The van der Waals surface area contributed by atoms with E-state index in [0.717, 1.165) is 17.2 Å². The largest absolute Gasteiger partial charge is 0.433 e. The number of amides is 1. The van der Waals surface area contributed by atoms with Crippen LogP contribution in [0, 0.1) is 11.3 Å². The number of carbonyl (C=O) groups is 1. The van der Waals surface area contributed by atoms with Gasteiger partial charge in [0.2, 0.25) is 0 Å². The van der Waals surface area contributed by atoms with Crippen LogP contribution in [0.25, 0.3) is 23.2 Å². The molecule has 32 heavy (non-hydrogen) atoms. The maximum Gasteiger partial charge on any atom is 0.433 e. The number of halogens is 6. The monoisotopic (exact) mass is 453 g/mol. The predicted molar refractivity (Wildman–Crippen MR) is 95.6 cm³/mol. The van der Waals surface area contributed by atoms with E-state index in [-0.39, 0.29) is 16.8 Å². The molecular formula is C18H9F6N7O. The van der Waals surface area contributed by atoms with Crippen molar-refractivity contribution in [1.29, 1.82) is 5.26 Å². The molecule has 164 valence electrons. The minimum absolute atomic E-state index is 0.0231. The van der Waals surface area contributed by atoms with E-state index in [4.69, 9.17) is 11.0 Å². The van der Waals surface area contributed by atoms with Crippen molar-refractivity contribution < 1.29 is 31.1 Å². The van der Waals surface area contributed by atoms with Crippen molar-refractivity contribution >= 4 is 17.7 Å². The Morgan fingerprint density at radius 1 is 1.06 bits per heavy atom. The Balaban J connectivity index is 2.08. The second kappa shape index (κ2) is 8.10. The summed E-state index contributed by atoms with van der Waals surface area (Å²) in [7, 11) is 0. The molecule has 0 aliphatic carbocycles. The van der Waals surface area contributed by atoms with Gasteiger partial charge in [0.05, 0.1) is 5.57 Å². The number of aromatic nitrogens is 5. The van der Waals surface area contributed by atoms with E-state index < -0.39 is 41.0 Å². The number of hydrogen-bond donors (Lipinski definition) is 1. The molecule has 0 aromatic carbocycles. The van der Waals surface area contributed by atoms with Crippen molar-refractivity contribution in [3.05, 3.63) is 59.4 Å². The van der Waals surface area contributed by atoms with Gasteiger partial charge in [0.15, 0.2) is 5.82 Å². The summed E-state index contributed by atoms with van der Waals surface area (Å²) in [4.78, 5) is 21.9. The third kappa shape index (κ3) is 4.89. The van der Waals surface area contributed by atoms with Gasteiger partial charge in [-0.2, -0.15) is 31.6 Å². The minimum Gasteiger partial charge on any atom is -0.366 e. The highest BCUT2D eigenvalue weighted by Crippen LogP contribution is 2.35. The van der Waals surface area contributed by atoms with Crippen LogP contribution in [0.5, 0.6) is 0 Å². The predicted octanol–water partition coefficient (Wildman–Crippen LogP) is 3.13. The molecule has 0 fully saturated rings. The molecule has 0 aliphatic rings. The lowest BCUT2D eigenvalue weighted by atomic mass is 10.1. The van der Waals surface area contributed by atoms with E-state index in [1.54, 1.807) is 6.07 Å². The van der Waals surface area contributed by atoms with Crippen LogP contribution in [0.1, 0.15) is 22.6 Å². The van der Waals surface area contributed by atoms with E-state index in [9.17, 15) is 31.1 Å². The molecule has 14 heteroatoms. The lowest BCUT2D eigenvalue weighted by Gasteiger charge is -2.11. The van der Waals surface area contributed by atoms with E-state index in [1.165, 1.54) is 18.3 Å². The Morgan fingerprint density at radius 3 is 2.22 bits per heavy atom. The van der Waals surface area contributed by atoms with Gasteiger partial charge in [-0.1, -0.05) is 0 Å². The van der Waals surface area contributed by atoms with Crippen molar-refractivity contribution in [3.8, 4) is 17.5 Å². The van der Waals surface area contributed by atoms with Crippen LogP contribution >= 0.6 is 0 Å². The number of carbonyl (C=O) groups excluding carboxylic acids is 1. The van der Waals surface area contributed by atoms with E-state index in [1.807, 2.05) is 0 Å². The average Bonchev–Trinajstić information content (AvgIpc) is 3.19. The lowest BCUT2D eigenvalue weighted by Crippen LogP contribution is -2.15. The summed E-state index contributed by atoms with van der Waals surface area (Å²) in [6.45, 7) is 0. The molecule has 0 unspecified atom stereocenters. The van der Waals surface area contributed by atoms with Crippen LogP contribution in [0.15, 0.2) is 36.8 Å². The summed E-state index contributed by atoms with van der Waals surface area (Å²) in [5.74, 6) is -1.43. The number of rotatable bonds is 4. The average molecular weight is 453 g/mol. The summed E-state index contributed by atoms with van der Waals surface area (Å²) >= 11 is 0. The minimum atomic E-state index is -5.14. The normalized spacial score (nSPS) is 12.5. The van der Waals surface area contributed by atoms with Crippen molar-refractivity contribution in [3.63, 3.8) is 0 Å². The lowest BCUT2D eigenvalue weighted by molar-refractivity contribution is -0.150. The Labute approximate surface area is 174 Å². The van der Waals surface area contributed by atoms with Gasteiger partial charge in [0, 0.05) is 18.0 Å². The van der Waals surface area contributed by atoms with Crippen molar-refractivity contribution in [2.75, 3.05) is 0 Å². The van der Waals surface area contributed by atoms with Crippen LogP contribution in [-0.4, -0.2) is 30.6 Å². The second-order valence-corrected chi connectivity index (χ2v) is 6.12. The van der Waals surface area contributed by atoms with Crippen molar-refractivity contribution in [2.45, 2.75) is 12.4 Å². The number of hydrogen-bond acceptors (Lipinski definition) is 6. The molecule has 1 amide bonds. The third-order valence-corrected chi connectivity index (χ3v) is 3.89. The molecule has 0 atom stereocenters. The Morgan fingerprint density at radius 2 is 1.69 bits per heavy atom. The SMILES string of the molecule is N#Cc1cc(/C(=C\n2cnc(-c3cc(C(F)(F)F)nc(C(F)(F)F)c3)n2)C(N)=O)ccn1. The highest BCUT2D eigenvalue weighted by Gasteiger charge is 2.39. The number of nitriles is 1. The first-order chi connectivity index (χ1) is 14.9. The number of nitrogens with two attached hydrogens (primary N) is 1. The molecule has 0 saturated carbocycles. The Bertz CT molecular complexity index is 1220. The van der Waals surface area contributed by atoms with E-state index >= 15 is 0 Å². The van der Waals surface area contributed by atoms with Crippen LogP contribution in [0.2, 0.25) is 0 Å². The zero-order valence-corrected chi connectivity index (χ0v) is 15.5. The number of pyridine rings is 2. The molecule has 0 spiro atoms. The van der Waals surface area contributed by atoms with E-state index in [0.29, 0.717) is 12.1 Å². The van der Waals surface area contributed by atoms with Gasteiger partial charge in [-0.15, -0.1) is 5.10 Å². The molecule has 3 aromatic rings. The smallest absolute Gasteiger partial charge is 0.366 e. The maximum atomic E-state index is 13.0. The molecule has 3 heterocycles. The molecular weight excluding hydrogens is 444 g/mol. The van der Waals surface area contributed by atoms with Gasteiger partial charge in [0.25, 0.3) is 5.91 Å². The fraction of sp³-hybridized carbons (Fsp3) is 0.111. The molecule has 0 saturated heterocycles. The first-order valence-corrected chi connectivity index (χ1v) is 8.34. The number of nitrogens with zero attached hydrogens (tertiary/aromatic N) is 6. The van der Waals surface area contributed by atoms with Crippen molar-refractivity contribution in [1.82, 2.24) is 24.7 Å². The molecule has 8 nitrogen and oxygen atoms in total. The highest BCUT2D eigenvalue weighted by atomic mass is 19.4. The fourth-order valence-corrected chi connectivity index (χ4v) is 2.49. The van der Waals surface area contributed by atoms with Crippen molar-refractivity contribution in [2.24, 2.45) is 5.73 Å². The van der Waals surface area contributed by atoms with Crippen LogP contribution < -0.4 is 5.73 Å². The van der Waals surface area contributed by atoms with E-state index in [2.05, 4.69) is 20.1 Å². The number of primary amides is 1. The summed E-state index contributed by atoms with van der Waals surface area (Å²) in [5, 5.41) is 12.7. The number of alkyl halides is 6. The Hall–Kier alpha value is -4.28. The van der Waals surface area contributed by atoms with Crippen LogP contribution in [0.3, 0.4) is 0 Å². The van der Waals surface area contributed by atoms with Gasteiger partial charge in [-0.3, -0.25) is 4.79 Å². The molecule has 2 N–H and O–H groups in total. The quantitative estimate of drug-likeness (QED) is 0.478. The molecule has 0 aliphatic heterocycles. The molecule has 0 radical (unpaired) electrons. The van der Waals surface area contributed by atoms with Crippen LogP contribution in [-0.2, 0) is 17.1 Å². The second-order valence-electron chi connectivity index (χ2n) is 6.12. The summed E-state index contributed by atoms with van der Waals surface area (Å²) in [6, 6.07) is 5.13. The van der Waals surface area contributed by atoms with Gasteiger partial charge >= 0.3 is 12.4 Å². The standard InChI is InChI=1S/C18H9F6N7O/c19-17(20,21)13-4-10(5-14(29-13)18(22,23)24)16-28-8-31(30-16)7-12(15(26)32)9-1-2-27-11(3-9)6-25/h1-5,7-8H,(H2,26,32)/b12-7+. The van der Waals surface area contributed by atoms with Crippen LogP contribution in [0.4, 0.5) is 26.3 Å². The topological polar surface area (TPSA) is 123 Å². The third-order valence-electron chi connectivity index (χ3n) is 3.89. The molecule has 3 rings (SSSR count). The zero-order chi connectivity index (χ0) is 23.7. The van der Waals surface area contributed by atoms with Gasteiger partial charge in [-0.05, 0) is 29.8 Å².